The molecule has 0 bridgehead atoms. The fourth-order valence-corrected chi connectivity index (χ4v) is 4.71. The molecule has 0 saturated carbocycles. The number of benzene rings is 1. The number of anilines is 2. The summed E-state index contributed by atoms with van der Waals surface area (Å²) in [6.07, 6.45) is 2.19. The molecule has 0 radical (unpaired) electrons. The van der Waals surface area contributed by atoms with E-state index in [2.05, 4.69) is 10.6 Å². The van der Waals surface area contributed by atoms with E-state index in [1.54, 1.807) is 32.3 Å². The second-order valence-electron chi connectivity index (χ2n) is 7.38. The molecule has 1 atom stereocenters. The van der Waals surface area contributed by atoms with Gasteiger partial charge in [0.1, 0.15) is 0 Å². The van der Waals surface area contributed by atoms with Crippen LogP contribution in [0.4, 0.5) is 11.4 Å². The Labute approximate surface area is 172 Å². The van der Waals surface area contributed by atoms with Crippen molar-refractivity contribution >= 4 is 27.3 Å². The van der Waals surface area contributed by atoms with Crippen molar-refractivity contribution in [2.24, 2.45) is 0 Å². The molecule has 2 aliphatic heterocycles. The van der Waals surface area contributed by atoms with Crippen LogP contribution in [0.25, 0.3) is 0 Å². The van der Waals surface area contributed by atoms with Crippen molar-refractivity contribution in [3.05, 3.63) is 18.2 Å². The van der Waals surface area contributed by atoms with Gasteiger partial charge in [-0.15, -0.1) is 0 Å². The summed E-state index contributed by atoms with van der Waals surface area (Å²) in [6, 6.07) is 4.93. The number of hydrogen-bond acceptors (Lipinski definition) is 7. The summed E-state index contributed by atoms with van der Waals surface area (Å²) in [5.74, 6) is -0.100. The van der Waals surface area contributed by atoms with Crippen LogP contribution in [0.1, 0.15) is 12.8 Å². The summed E-state index contributed by atoms with van der Waals surface area (Å²) in [5.41, 5.74) is 1.32. The zero-order chi connectivity index (χ0) is 20.9. The second kappa shape index (κ2) is 9.75. The Hall–Kier alpha value is -1.88. The van der Waals surface area contributed by atoms with Gasteiger partial charge in [-0.2, -0.15) is 4.31 Å². The van der Waals surface area contributed by atoms with Crippen molar-refractivity contribution in [2.45, 2.75) is 23.8 Å². The highest BCUT2D eigenvalue weighted by Gasteiger charge is 2.27. The molecule has 9 nitrogen and oxygen atoms in total. The molecule has 1 aromatic carbocycles. The lowest BCUT2D eigenvalue weighted by molar-refractivity contribution is -0.126. The molecule has 2 heterocycles. The van der Waals surface area contributed by atoms with Gasteiger partial charge in [0.05, 0.1) is 42.1 Å². The van der Waals surface area contributed by atoms with Gasteiger partial charge in [-0.3, -0.25) is 4.79 Å². The van der Waals surface area contributed by atoms with Crippen LogP contribution in [0.2, 0.25) is 0 Å². The van der Waals surface area contributed by atoms with E-state index < -0.39 is 10.0 Å². The van der Waals surface area contributed by atoms with Crippen LogP contribution in [0.3, 0.4) is 0 Å². The predicted molar refractivity (Wildman–Crippen MR) is 111 cm³/mol. The van der Waals surface area contributed by atoms with E-state index in [9.17, 15) is 13.2 Å². The molecule has 1 aromatic rings. The summed E-state index contributed by atoms with van der Waals surface area (Å²) < 4.78 is 38.3. The Bertz CT molecular complexity index is 803. The number of carbonyl (C=O) groups is 1. The lowest BCUT2D eigenvalue weighted by atomic mass is 10.2. The van der Waals surface area contributed by atoms with Gasteiger partial charge in [-0.05, 0) is 31.0 Å². The molecular weight excluding hydrogens is 396 g/mol. The van der Waals surface area contributed by atoms with E-state index in [1.165, 1.54) is 9.21 Å². The van der Waals surface area contributed by atoms with Gasteiger partial charge in [0, 0.05) is 40.3 Å². The smallest absolute Gasteiger partial charge is 0.243 e. The summed E-state index contributed by atoms with van der Waals surface area (Å²) in [6.45, 7) is 2.93. The number of amides is 1. The number of morpholine rings is 1. The molecule has 10 heteroatoms. The molecule has 0 spiro atoms. The lowest BCUT2D eigenvalue weighted by Crippen LogP contribution is -2.40. The van der Waals surface area contributed by atoms with Crippen LogP contribution >= 0.6 is 0 Å². The van der Waals surface area contributed by atoms with Gasteiger partial charge in [-0.1, -0.05) is 0 Å². The third-order valence-electron chi connectivity index (χ3n) is 5.07. The number of rotatable bonds is 8. The van der Waals surface area contributed by atoms with Crippen molar-refractivity contribution in [1.82, 2.24) is 9.21 Å². The average molecular weight is 427 g/mol. The number of sulfonamides is 1. The highest BCUT2D eigenvalue weighted by Crippen LogP contribution is 2.28. The van der Waals surface area contributed by atoms with Crippen LogP contribution in [-0.2, 0) is 24.3 Å². The maximum Gasteiger partial charge on any atom is 0.243 e. The second-order valence-corrected chi connectivity index (χ2v) is 9.32. The van der Waals surface area contributed by atoms with Crippen LogP contribution in [-0.4, -0.2) is 89.7 Å². The third kappa shape index (κ3) is 5.59. The fourth-order valence-electron chi connectivity index (χ4n) is 3.28. The van der Waals surface area contributed by atoms with Gasteiger partial charge < -0.3 is 25.0 Å². The van der Waals surface area contributed by atoms with E-state index in [0.29, 0.717) is 38.5 Å². The highest BCUT2D eigenvalue weighted by molar-refractivity contribution is 7.89. The summed E-state index contributed by atoms with van der Waals surface area (Å²) in [5, 5.41) is 6.41. The van der Waals surface area contributed by atoms with E-state index in [1.807, 2.05) is 0 Å². The van der Waals surface area contributed by atoms with E-state index in [0.717, 1.165) is 25.1 Å². The quantitative estimate of drug-likeness (QED) is 0.634. The Morgan fingerprint density at radius 2 is 1.93 bits per heavy atom. The van der Waals surface area contributed by atoms with Crippen LogP contribution in [0.15, 0.2) is 23.1 Å². The topological polar surface area (TPSA) is 100 Å². The molecule has 2 fully saturated rings. The van der Waals surface area contributed by atoms with Crippen molar-refractivity contribution in [2.75, 3.05) is 70.7 Å². The number of hydrogen-bond donors (Lipinski definition) is 2. The van der Waals surface area contributed by atoms with Gasteiger partial charge >= 0.3 is 0 Å². The SMILES string of the molecule is CN(C)C(=O)CNc1cc(S(=O)(=O)N2CCOCC2)ccc1NCC1CCCO1. The van der Waals surface area contributed by atoms with Crippen LogP contribution in [0, 0.1) is 0 Å². The Morgan fingerprint density at radius 1 is 1.17 bits per heavy atom. The van der Waals surface area contributed by atoms with Gasteiger partial charge in [-0.25, -0.2) is 8.42 Å². The zero-order valence-corrected chi connectivity index (χ0v) is 17.8. The molecule has 0 aromatic heterocycles. The first-order chi connectivity index (χ1) is 13.9. The van der Waals surface area contributed by atoms with Gasteiger partial charge in [0.15, 0.2) is 0 Å². The fraction of sp³-hybridized carbons (Fsp3) is 0.632. The van der Waals surface area contributed by atoms with Crippen molar-refractivity contribution in [3.63, 3.8) is 0 Å². The monoisotopic (exact) mass is 426 g/mol. The number of carbonyl (C=O) groups excluding carboxylic acids is 1. The standard InChI is InChI=1S/C19H30N4O5S/c1-22(2)19(24)14-21-18-12-16(29(25,26)23-7-10-27-11-8-23)5-6-17(18)20-13-15-4-3-9-28-15/h5-6,12,15,20-21H,3-4,7-11,13-14H2,1-2H3. The first-order valence-electron chi connectivity index (χ1n) is 9.89. The van der Waals surface area contributed by atoms with Crippen molar-refractivity contribution in [1.29, 1.82) is 0 Å². The molecule has 1 amide bonds. The van der Waals surface area contributed by atoms with Gasteiger partial charge in [0.2, 0.25) is 15.9 Å². The molecule has 2 N–H and O–H groups in total. The molecule has 162 valence electrons. The number of ether oxygens (including phenoxy) is 2. The Kier molecular flexibility index (Phi) is 7.33. The van der Waals surface area contributed by atoms with E-state index in [4.69, 9.17) is 9.47 Å². The summed E-state index contributed by atoms with van der Waals surface area (Å²) in [4.78, 5) is 13.7. The normalized spacial score (nSPS) is 20.4. The van der Waals surface area contributed by atoms with E-state index >= 15 is 0 Å². The minimum Gasteiger partial charge on any atom is -0.381 e. The maximum atomic E-state index is 13.0. The molecule has 0 aliphatic carbocycles. The lowest BCUT2D eigenvalue weighted by Gasteiger charge is -2.26. The molecule has 2 saturated heterocycles. The summed E-state index contributed by atoms with van der Waals surface area (Å²) in [7, 11) is -0.260. The predicted octanol–water partition coefficient (Wildman–Crippen LogP) is 0.799. The molecular formula is C19H30N4O5S. The molecule has 2 aliphatic rings. The number of nitrogens with one attached hydrogen (secondary N) is 2. The average Bonchev–Trinajstić information content (AvgIpc) is 3.24. The Balaban J connectivity index is 1.80. The number of nitrogens with zero attached hydrogens (tertiary/aromatic N) is 2. The first kappa shape index (κ1) is 21.8. The maximum absolute atomic E-state index is 13.0. The van der Waals surface area contributed by atoms with Crippen LogP contribution < -0.4 is 10.6 Å². The molecule has 3 rings (SSSR count). The van der Waals surface area contributed by atoms with E-state index in [-0.39, 0.29) is 23.5 Å². The van der Waals surface area contributed by atoms with Crippen LogP contribution in [0.5, 0.6) is 0 Å². The van der Waals surface area contributed by atoms with Crippen molar-refractivity contribution in [3.8, 4) is 0 Å². The molecule has 29 heavy (non-hydrogen) atoms. The van der Waals surface area contributed by atoms with Gasteiger partial charge in [0.25, 0.3) is 0 Å². The minimum atomic E-state index is -3.62. The highest BCUT2D eigenvalue weighted by atomic mass is 32.2. The summed E-state index contributed by atoms with van der Waals surface area (Å²) >= 11 is 0. The number of likely N-dealkylation sites (N-methyl/N-ethyl adjacent to an activating group) is 1. The Morgan fingerprint density at radius 3 is 2.59 bits per heavy atom. The minimum absolute atomic E-state index is 0.0721. The largest absolute Gasteiger partial charge is 0.381 e. The first-order valence-corrected chi connectivity index (χ1v) is 11.3. The molecule has 1 unspecified atom stereocenters. The zero-order valence-electron chi connectivity index (χ0n) is 17.0. The third-order valence-corrected chi connectivity index (χ3v) is 6.97. The van der Waals surface area contributed by atoms with Crippen molar-refractivity contribution < 1.29 is 22.7 Å².